The molecular formula is C20H28N4O3. The molecule has 7 heteroatoms. The Kier molecular flexibility index (Phi) is 5.88. The average Bonchev–Trinajstić information content (AvgIpc) is 3.15. The second-order valence-corrected chi connectivity index (χ2v) is 6.66. The zero-order valence-electron chi connectivity index (χ0n) is 16.7. The lowest BCUT2D eigenvalue weighted by Crippen LogP contribution is -2.36. The summed E-state index contributed by atoms with van der Waals surface area (Å²) in [7, 11) is 1.73. The molecule has 3 rings (SSSR count). The lowest BCUT2D eigenvalue weighted by Gasteiger charge is -2.15. The topological polar surface area (TPSA) is 80.9 Å². The molecule has 0 bridgehead atoms. The number of aryl methyl sites for hydroxylation is 2. The van der Waals surface area contributed by atoms with E-state index < -0.39 is 0 Å². The highest BCUT2D eigenvalue weighted by atomic mass is 16.5. The van der Waals surface area contributed by atoms with Crippen LogP contribution in [-0.4, -0.2) is 30.7 Å². The highest BCUT2D eigenvalue weighted by molar-refractivity contribution is 5.79. The van der Waals surface area contributed by atoms with E-state index in [1.807, 2.05) is 20.8 Å². The van der Waals surface area contributed by atoms with Crippen LogP contribution in [0.4, 0.5) is 0 Å². The molecule has 0 aliphatic carbocycles. The molecule has 1 aromatic heterocycles. The molecule has 1 aliphatic heterocycles. The summed E-state index contributed by atoms with van der Waals surface area (Å²) in [4.78, 5) is 8.63. The van der Waals surface area contributed by atoms with E-state index in [2.05, 4.69) is 39.7 Å². The number of hydrogen-bond donors (Lipinski definition) is 2. The zero-order chi connectivity index (χ0) is 19.4. The van der Waals surface area contributed by atoms with Crippen molar-refractivity contribution in [2.75, 3.05) is 13.7 Å². The van der Waals surface area contributed by atoms with Gasteiger partial charge in [0.15, 0.2) is 5.96 Å². The van der Waals surface area contributed by atoms with Gasteiger partial charge in [-0.05, 0) is 39.8 Å². The Bertz CT molecular complexity index is 809. The summed E-state index contributed by atoms with van der Waals surface area (Å²) in [6, 6.07) is 4.15. The van der Waals surface area contributed by atoms with Crippen LogP contribution in [0.3, 0.4) is 0 Å². The summed E-state index contributed by atoms with van der Waals surface area (Å²) < 4.78 is 17.3. The number of nitrogens with zero attached hydrogens (tertiary/aromatic N) is 2. The molecule has 0 saturated carbocycles. The molecule has 0 saturated heterocycles. The first-order chi connectivity index (χ1) is 13.0. The normalized spacial score (nSPS) is 16.0. The fourth-order valence-corrected chi connectivity index (χ4v) is 3.08. The van der Waals surface area contributed by atoms with Gasteiger partial charge in [0.1, 0.15) is 23.4 Å². The monoisotopic (exact) mass is 372 g/mol. The van der Waals surface area contributed by atoms with Crippen LogP contribution < -0.4 is 20.1 Å². The molecule has 1 unspecified atom stereocenters. The zero-order valence-corrected chi connectivity index (χ0v) is 16.7. The molecule has 0 spiro atoms. The van der Waals surface area contributed by atoms with E-state index >= 15 is 0 Å². The van der Waals surface area contributed by atoms with Gasteiger partial charge in [0, 0.05) is 31.1 Å². The predicted octanol–water partition coefficient (Wildman–Crippen LogP) is 2.88. The van der Waals surface area contributed by atoms with Crippen molar-refractivity contribution in [1.82, 2.24) is 15.6 Å². The van der Waals surface area contributed by atoms with Crippen LogP contribution in [0, 0.1) is 13.8 Å². The highest BCUT2D eigenvalue weighted by Crippen LogP contribution is 2.35. The molecule has 0 amide bonds. The predicted molar refractivity (Wildman–Crippen MR) is 104 cm³/mol. The fraction of sp³-hybridized carbons (Fsp3) is 0.500. The van der Waals surface area contributed by atoms with E-state index in [9.17, 15) is 0 Å². The summed E-state index contributed by atoms with van der Waals surface area (Å²) in [6.45, 7) is 9.58. The van der Waals surface area contributed by atoms with Crippen LogP contribution in [0.1, 0.15) is 42.3 Å². The largest absolute Gasteiger partial charge is 0.494 e. The Labute approximate surface area is 160 Å². The summed E-state index contributed by atoms with van der Waals surface area (Å²) >= 11 is 0. The Morgan fingerprint density at radius 1 is 1.30 bits per heavy atom. The van der Waals surface area contributed by atoms with Gasteiger partial charge < -0.3 is 24.5 Å². The van der Waals surface area contributed by atoms with E-state index in [0.29, 0.717) is 31.5 Å². The van der Waals surface area contributed by atoms with Crippen LogP contribution in [-0.2, 0) is 19.5 Å². The summed E-state index contributed by atoms with van der Waals surface area (Å²) in [6.07, 6.45) is 1.13. The number of aromatic nitrogens is 1. The first kappa shape index (κ1) is 19.1. The average molecular weight is 372 g/mol. The van der Waals surface area contributed by atoms with E-state index in [1.54, 1.807) is 7.05 Å². The van der Waals surface area contributed by atoms with Crippen molar-refractivity contribution in [1.29, 1.82) is 0 Å². The molecule has 2 N–H and O–H groups in total. The van der Waals surface area contributed by atoms with Gasteiger partial charge in [-0.3, -0.25) is 4.99 Å². The second-order valence-electron chi connectivity index (χ2n) is 6.66. The fourth-order valence-electron chi connectivity index (χ4n) is 3.08. The third-order valence-electron chi connectivity index (χ3n) is 4.53. The Balaban J connectivity index is 1.64. The van der Waals surface area contributed by atoms with Crippen molar-refractivity contribution in [2.45, 2.75) is 53.3 Å². The molecule has 0 fully saturated rings. The van der Waals surface area contributed by atoms with Gasteiger partial charge in [-0.2, -0.15) is 0 Å². The van der Waals surface area contributed by atoms with Crippen molar-refractivity contribution in [2.24, 2.45) is 4.99 Å². The van der Waals surface area contributed by atoms with Crippen LogP contribution in [0.15, 0.2) is 21.5 Å². The van der Waals surface area contributed by atoms with Crippen molar-refractivity contribution in [3.63, 3.8) is 0 Å². The van der Waals surface area contributed by atoms with Crippen LogP contribution >= 0.6 is 0 Å². The van der Waals surface area contributed by atoms with Gasteiger partial charge in [0.2, 0.25) is 5.89 Å². The lowest BCUT2D eigenvalue weighted by molar-refractivity contribution is 0.254. The molecule has 2 heterocycles. The molecule has 1 aliphatic rings. The number of aliphatic imine (C=N–C) groups is 1. The maximum atomic E-state index is 5.88. The van der Waals surface area contributed by atoms with Crippen LogP contribution in [0.25, 0.3) is 0 Å². The second kappa shape index (κ2) is 8.33. The quantitative estimate of drug-likeness (QED) is 0.599. The van der Waals surface area contributed by atoms with Crippen LogP contribution in [0.2, 0.25) is 0 Å². The van der Waals surface area contributed by atoms with Gasteiger partial charge in [-0.15, -0.1) is 0 Å². The Hall–Kier alpha value is -2.70. The first-order valence-corrected chi connectivity index (χ1v) is 9.32. The standard InChI is InChI=1S/C20H28N4O3/c1-6-25-17-8-15-7-12(2)26-18(15)9-16(17)10-22-20(21-5)23-11-19-24-13(3)14(4)27-19/h8-9,12H,6-7,10-11H2,1-5H3,(H2,21,22,23). The molecule has 2 aromatic rings. The third kappa shape index (κ3) is 4.53. The number of fused-ring (bicyclic) bond motifs is 1. The molecule has 27 heavy (non-hydrogen) atoms. The Morgan fingerprint density at radius 3 is 2.74 bits per heavy atom. The Morgan fingerprint density at radius 2 is 2.07 bits per heavy atom. The number of hydrogen-bond acceptors (Lipinski definition) is 5. The molecule has 146 valence electrons. The summed E-state index contributed by atoms with van der Waals surface area (Å²) in [5.74, 6) is 3.97. The number of guanidine groups is 1. The van der Waals surface area contributed by atoms with Gasteiger partial charge in [-0.1, -0.05) is 0 Å². The van der Waals surface area contributed by atoms with Crippen molar-refractivity contribution >= 4 is 5.96 Å². The van der Waals surface area contributed by atoms with E-state index in [0.717, 1.165) is 34.9 Å². The number of nitrogens with one attached hydrogen (secondary N) is 2. The minimum atomic E-state index is 0.208. The molecule has 0 radical (unpaired) electrons. The maximum Gasteiger partial charge on any atom is 0.214 e. The van der Waals surface area contributed by atoms with E-state index in [4.69, 9.17) is 13.9 Å². The molecule has 7 nitrogen and oxygen atoms in total. The smallest absolute Gasteiger partial charge is 0.214 e. The SMILES string of the molecule is CCOc1cc2c(cc1CNC(=NC)NCc1nc(C)c(C)o1)OC(C)C2. The third-order valence-corrected chi connectivity index (χ3v) is 4.53. The minimum Gasteiger partial charge on any atom is -0.494 e. The number of benzene rings is 1. The number of ether oxygens (including phenoxy) is 2. The molecule has 1 aromatic carbocycles. The van der Waals surface area contributed by atoms with Crippen LogP contribution in [0.5, 0.6) is 11.5 Å². The maximum absolute atomic E-state index is 5.88. The summed E-state index contributed by atoms with van der Waals surface area (Å²) in [5, 5.41) is 6.53. The number of rotatable bonds is 6. The number of oxazole rings is 1. The molecule has 1 atom stereocenters. The van der Waals surface area contributed by atoms with E-state index in [1.165, 1.54) is 5.56 Å². The van der Waals surface area contributed by atoms with Crippen molar-refractivity contribution in [3.05, 3.63) is 40.6 Å². The summed E-state index contributed by atoms with van der Waals surface area (Å²) in [5.41, 5.74) is 3.14. The lowest BCUT2D eigenvalue weighted by atomic mass is 10.1. The minimum absolute atomic E-state index is 0.208. The molecular weight excluding hydrogens is 344 g/mol. The van der Waals surface area contributed by atoms with E-state index in [-0.39, 0.29) is 6.10 Å². The van der Waals surface area contributed by atoms with Crippen molar-refractivity contribution < 1.29 is 13.9 Å². The van der Waals surface area contributed by atoms with Gasteiger partial charge in [0.25, 0.3) is 0 Å². The van der Waals surface area contributed by atoms with Gasteiger partial charge in [0.05, 0.1) is 18.8 Å². The highest BCUT2D eigenvalue weighted by Gasteiger charge is 2.22. The van der Waals surface area contributed by atoms with Crippen molar-refractivity contribution in [3.8, 4) is 11.5 Å². The van der Waals surface area contributed by atoms with Gasteiger partial charge >= 0.3 is 0 Å². The first-order valence-electron chi connectivity index (χ1n) is 9.32. The van der Waals surface area contributed by atoms with Gasteiger partial charge in [-0.25, -0.2) is 4.98 Å².